The van der Waals surface area contributed by atoms with Crippen LogP contribution in [0.25, 0.3) is 0 Å². The van der Waals surface area contributed by atoms with Gasteiger partial charge >= 0.3 is 0 Å². The summed E-state index contributed by atoms with van der Waals surface area (Å²) in [5.74, 6) is 3.06. The Kier molecular flexibility index (Phi) is 2.25. The summed E-state index contributed by atoms with van der Waals surface area (Å²) < 4.78 is 0. The quantitative estimate of drug-likeness (QED) is 0.720. The Hall–Kier alpha value is -0.0400. The third kappa shape index (κ3) is 1.02. The summed E-state index contributed by atoms with van der Waals surface area (Å²) in [6.07, 6.45) is 7.07. The largest absolute Gasteiger partial charge is 0.396 e. The maximum Gasteiger partial charge on any atom is 0.0464 e. The normalized spacial score (nSPS) is 60.0. The molecular formula is C15H26O. The second-order valence-electron chi connectivity index (χ2n) is 7.15. The molecule has 0 aromatic carbocycles. The van der Waals surface area contributed by atoms with Crippen molar-refractivity contribution in [3.05, 3.63) is 0 Å². The smallest absolute Gasteiger partial charge is 0.0464 e. The van der Waals surface area contributed by atoms with E-state index in [1.165, 1.54) is 32.1 Å². The molecule has 1 N–H and O–H groups in total. The van der Waals surface area contributed by atoms with Crippen LogP contribution in [0.5, 0.6) is 0 Å². The molecule has 0 aromatic heterocycles. The summed E-state index contributed by atoms with van der Waals surface area (Å²) in [6.45, 7) is 7.86. The Bertz CT molecular complexity index is 300. The highest BCUT2D eigenvalue weighted by atomic mass is 16.3. The SMILES string of the molecule is CC1C(CO)C2CCC3(C2)C(C)CCC13C. The first-order valence-corrected chi connectivity index (χ1v) is 7.16. The minimum absolute atomic E-state index is 0.423. The summed E-state index contributed by atoms with van der Waals surface area (Å²) in [7, 11) is 0. The maximum atomic E-state index is 9.68. The maximum absolute atomic E-state index is 9.68. The molecule has 3 fully saturated rings. The van der Waals surface area contributed by atoms with Gasteiger partial charge in [0.1, 0.15) is 0 Å². The lowest BCUT2D eigenvalue weighted by molar-refractivity contribution is -0.0738. The molecule has 0 saturated heterocycles. The summed E-state index contributed by atoms with van der Waals surface area (Å²) in [5, 5.41) is 9.68. The number of hydrogen-bond acceptors (Lipinski definition) is 1. The average Bonchev–Trinajstić information content (AvgIpc) is 2.78. The van der Waals surface area contributed by atoms with Crippen molar-refractivity contribution in [3.63, 3.8) is 0 Å². The minimum atomic E-state index is 0.423. The van der Waals surface area contributed by atoms with E-state index < -0.39 is 0 Å². The Labute approximate surface area is 99.6 Å². The van der Waals surface area contributed by atoms with Crippen LogP contribution in [-0.2, 0) is 0 Å². The van der Waals surface area contributed by atoms with E-state index in [1.807, 2.05) is 0 Å². The number of hydrogen-bond donors (Lipinski definition) is 1. The van der Waals surface area contributed by atoms with Crippen LogP contribution >= 0.6 is 0 Å². The number of aliphatic hydroxyl groups excluding tert-OH is 1. The molecule has 1 heteroatoms. The monoisotopic (exact) mass is 222 g/mol. The molecule has 1 nitrogen and oxygen atoms in total. The van der Waals surface area contributed by atoms with E-state index in [-0.39, 0.29) is 0 Å². The fraction of sp³-hybridized carbons (Fsp3) is 1.00. The molecule has 3 rings (SSSR count). The second-order valence-corrected chi connectivity index (χ2v) is 7.15. The summed E-state index contributed by atoms with van der Waals surface area (Å²) in [6, 6.07) is 0. The zero-order chi connectivity index (χ0) is 11.6. The van der Waals surface area contributed by atoms with Crippen molar-refractivity contribution < 1.29 is 5.11 Å². The van der Waals surface area contributed by atoms with Crippen LogP contribution in [0.15, 0.2) is 0 Å². The predicted octanol–water partition coefficient (Wildman–Crippen LogP) is 3.47. The molecule has 3 aliphatic carbocycles. The zero-order valence-corrected chi connectivity index (χ0v) is 11.0. The second kappa shape index (κ2) is 3.25. The molecule has 6 unspecified atom stereocenters. The van der Waals surface area contributed by atoms with Crippen LogP contribution < -0.4 is 0 Å². The number of fused-ring (bicyclic) bond motifs is 1. The van der Waals surface area contributed by atoms with E-state index in [4.69, 9.17) is 0 Å². The highest BCUT2D eigenvalue weighted by molar-refractivity contribution is 5.14. The molecular weight excluding hydrogens is 196 g/mol. The molecule has 0 amide bonds. The molecule has 0 aromatic rings. The zero-order valence-electron chi connectivity index (χ0n) is 11.0. The Morgan fingerprint density at radius 3 is 2.62 bits per heavy atom. The number of aliphatic hydroxyl groups is 1. The fourth-order valence-electron chi connectivity index (χ4n) is 5.92. The van der Waals surface area contributed by atoms with Crippen LogP contribution in [0, 0.1) is 34.5 Å². The van der Waals surface area contributed by atoms with E-state index >= 15 is 0 Å². The van der Waals surface area contributed by atoms with Crippen molar-refractivity contribution in [2.75, 3.05) is 6.61 Å². The highest BCUT2D eigenvalue weighted by Gasteiger charge is 2.65. The highest BCUT2D eigenvalue weighted by Crippen LogP contribution is 2.73. The minimum Gasteiger partial charge on any atom is -0.396 e. The summed E-state index contributed by atoms with van der Waals surface area (Å²) in [5.41, 5.74) is 1.16. The molecule has 3 saturated carbocycles. The van der Waals surface area contributed by atoms with Gasteiger partial charge in [-0.1, -0.05) is 20.8 Å². The lowest BCUT2D eigenvalue weighted by Crippen LogP contribution is -2.49. The third-order valence-corrected chi connectivity index (χ3v) is 7.23. The molecule has 6 atom stereocenters. The Morgan fingerprint density at radius 2 is 1.94 bits per heavy atom. The Morgan fingerprint density at radius 1 is 1.19 bits per heavy atom. The summed E-state index contributed by atoms with van der Waals surface area (Å²) >= 11 is 0. The van der Waals surface area contributed by atoms with Crippen molar-refractivity contribution in [3.8, 4) is 0 Å². The van der Waals surface area contributed by atoms with Gasteiger partial charge in [0, 0.05) is 6.61 Å². The van der Waals surface area contributed by atoms with Crippen LogP contribution in [0.1, 0.15) is 52.9 Å². The van der Waals surface area contributed by atoms with E-state index in [2.05, 4.69) is 20.8 Å². The molecule has 3 aliphatic rings. The van der Waals surface area contributed by atoms with Crippen LogP contribution in [-0.4, -0.2) is 11.7 Å². The van der Waals surface area contributed by atoms with E-state index in [9.17, 15) is 5.11 Å². The van der Waals surface area contributed by atoms with Crippen molar-refractivity contribution in [1.82, 2.24) is 0 Å². The lowest BCUT2D eigenvalue weighted by atomic mass is 9.51. The predicted molar refractivity (Wildman–Crippen MR) is 66.0 cm³/mol. The van der Waals surface area contributed by atoms with Gasteiger partial charge in [-0.25, -0.2) is 0 Å². The number of rotatable bonds is 1. The molecule has 0 radical (unpaired) electrons. The van der Waals surface area contributed by atoms with Gasteiger partial charge in [0.05, 0.1) is 0 Å². The molecule has 16 heavy (non-hydrogen) atoms. The van der Waals surface area contributed by atoms with Crippen molar-refractivity contribution in [2.24, 2.45) is 34.5 Å². The van der Waals surface area contributed by atoms with Crippen LogP contribution in [0.2, 0.25) is 0 Å². The van der Waals surface area contributed by atoms with E-state index in [1.54, 1.807) is 0 Å². The van der Waals surface area contributed by atoms with Gasteiger partial charge in [0.15, 0.2) is 0 Å². The van der Waals surface area contributed by atoms with Crippen LogP contribution in [0.3, 0.4) is 0 Å². The van der Waals surface area contributed by atoms with Crippen molar-refractivity contribution in [2.45, 2.75) is 52.9 Å². The molecule has 0 aliphatic heterocycles. The first-order chi connectivity index (χ1) is 7.55. The van der Waals surface area contributed by atoms with E-state index in [0.717, 1.165) is 17.8 Å². The van der Waals surface area contributed by atoms with Gasteiger partial charge in [-0.3, -0.25) is 0 Å². The molecule has 2 bridgehead atoms. The van der Waals surface area contributed by atoms with Gasteiger partial charge in [-0.05, 0) is 66.6 Å². The van der Waals surface area contributed by atoms with Gasteiger partial charge in [-0.2, -0.15) is 0 Å². The first kappa shape index (κ1) is 11.1. The van der Waals surface area contributed by atoms with Gasteiger partial charge < -0.3 is 5.11 Å². The van der Waals surface area contributed by atoms with Crippen molar-refractivity contribution >= 4 is 0 Å². The standard InChI is InChI=1S/C15H26O/c1-10-4-6-14(3)11(2)13(9-16)12-5-7-15(10,14)8-12/h10-13,16H,4-9H2,1-3H3. The average molecular weight is 222 g/mol. The molecule has 92 valence electrons. The third-order valence-electron chi connectivity index (χ3n) is 7.23. The van der Waals surface area contributed by atoms with Gasteiger partial charge in [0.2, 0.25) is 0 Å². The molecule has 0 heterocycles. The lowest BCUT2D eigenvalue weighted by Gasteiger charge is -2.54. The van der Waals surface area contributed by atoms with Gasteiger partial charge in [0.25, 0.3) is 0 Å². The van der Waals surface area contributed by atoms with Crippen molar-refractivity contribution in [1.29, 1.82) is 0 Å². The summed E-state index contributed by atoms with van der Waals surface area (Å²) in [4.78, 5) is 0. The van der Waals surface area contributed by atoms with Crippen LogP contribution in [0.4, 0.5) is 0 Å². The fourth-order valence-corrected chi connectivity index (χ4v) is 5.92. The first-order valence-electron chi connectivity index (χ1n) is 7.16. The van der Waals surface area contributed by atoms with E-state index in [0.29, 0.717) is 23.4 Å². The Balaban J connectivity index is 2.04. The van der Waals surface area contributed by atoms with Gasteiger partial charge in [-0.15, -0.1) is 0 Å². The molecule has 1 spiro atoms. The topological polar surface area (TPSA) is 20.2 Å².